The van der Waals surface area contributed by atoms with Crippen molar-refractivity contribution in [2.75, 3.05) is 14.1 Å². The molecule has 23 heavy (non-hydrogen) atoms. The third-order valence-electron chi connectivity index (χ3n) is 3.83. The molecule has 0 spiro atoms. The molecule has 0 aliphatic rings. The van der Waals surface area contributed by atoms with Crippen molar-refractivity contribution in [2.45, 2.75) is 45.2 Å². The molecule has 5 heteroatoms. The van der Waals surface area contributed by atoms with Crippen LogP contribution in [0.25, 0.3) is 0 Å². The lowest BCUT2D eigenvalue weighted by molar-refractivity contribution is -0.137. The largest absolute Gasteiger partial charge is 0.481 e. The Bertz CT molecular complexity index is 492. The van der Waals surface area contributed by atoms with Crippen molar-refractivity contribution >= 4 is 11.9 Å². The van der Waals surface area contributed by atoms with E-state index in [2.05, 4.69) is 5.32 Å². The third-order valence-corrected chi connectivity index (χ3v) is 3.83. The van der Waals surface area contributed by atoms with Gasteiger partial charge in [-0.25, -0.2) is 0 Å². The first-order chi connectivity index (χ1) is 10.8. The molecule has 0 saturated carbocycles. The lowest BCUT2D eigenvalue weighted by Gasteiger charge is -2.29. The van der Waals surface area contributed by atoms with Crippen molar-refractivity contribution < 1.29 is 14.7 Å². The maximum atomic E-state index is 12.6. The fourth-order valence-corrected chi connectivity index (χ4v) is 2.84. The van der Waals surface area contributed by atoms with Crippen LogP contribution in [0.15, 0.2) is 30.3 Å². The Balaban J connectivity index is 2.78. The molecule has 0 saturated heterocycles. The molecule has 1 unspecified atom stereocenters. The monoisotopic (exact) mass is 320 g/mol. The predicted molar refractivity (Wildman–Crippen MR) is 91.3 cm³/mol. The number of hydrogen-bond acceptors (Lipinski definition) is 3. The topological polar surface area (TPSA) is 69.6 Å². The Morgan fingerprint density at radius 3 is 2.26 bits per heavy atom. The van der Waals surface area contributed by atoms with Gasteiger partial charge in [0.2, 0.25) is 5.91 Å². The summed E-state index contributed by atoms with van der Waals surface area (Å²) in [5.41, 5.74) is 1.09. The maximum Gasteiger partial charge on any atom is 0.303 e. The van der Waals surface area contributed by atoms with Crippen molar-refractivity contribution in [3.8, 4) is 0 Å². The first-order valence-electron chi connectivity index (χ1n) is 8.03. The normalized spacial score (nSPS) is 13.8. The van der Waals surface area contributed by atoms with E-state index in [0.717, 1.165) is 5.56 Å². The zero-order valence-corrected chi connectivity index (χ0v) is 14.5. The Hall–Kier alpha value is -1.88. The number of hydrogen-bond donors (Lipinski definition) is 2. The van der Waals surface area contributed by atoms with E-state index in [1.165, 1.54) is 0 Å². The quantitative estimate of drug-likeness (QED) is 0.731. The van der Waals surface area contributed by atoms with Crippen LogP contribution >= 0.6 is 0 Å². The second-order valence-corrected chi connectivity index (χ2v) is 6.48. The highest BCUT2D eigenvalue weighted by atomic mass is 16.4. The van der Waals surface area contributed by atoms with E-state index >= 15 is 0 Å². The number of aliphatic carboxylic acids is 1. The molecule has 1 aromatic carbocycles. The Morgan fingerprint density at radius 1 is 1.17 bits per heavy atom. The van der Waals surface area contributed by atoms with Gasteiger partial charge >= 0.3 is 5.97 Å². The summed E-state index contributed by atoms with van der Waals surface area (Å²) >= 11 is 0. The number of carbonyl (C=O) groups excluding carboxylic acids is 1. The van der Waals surface area contributed by atoms with E-state index in [1.54, 1.807) is 0 Å². The number of carboxylic acid groups (broad SMARTS) is 1. The van der Waals surface area contributed by atoms with Gasteiger partial charge in [0.05, 0.1) is 6.04 Å². The molecule has 0 aliphatic carbocycles. The molecule has 0 bridgehead atoms. The fourth-order valence-electron chi connectivity index (χ4n) is 2.84. The molecule has 2 N–H and O–H groups in total. The van der Waals surface area contributed by atoms with Gasteiger partial charge in [-0.05, 0) is 38.4 Å². The third kappa shape index (κ3) is 6.82. The van der Waals surface area contributed by atoms with Crippen LogP contribution in [0.5, 0.6) is 0 Å². The van der Waals surface area contributed by atoms with Crippen LogP contribution in [0.1, 0.15) is 32.3 Å². The first kappa shape index (κ1) is 19.2. The van der Waals surface area contributed by atoms with Crippen LogP contribution in [0, 0.1) is 5.92 Å². The number of benzene rings is 1. The van der Waals surface area contributed by atoms with E-state index in [1.807, 2.05) is 63.2 Å². The first-order valence-corrected chi connectivity index (χ1v) is 8.03. The Kier molecular flexibility index (Phi) is 7.75. The summed E-state index contributed by atoms with van der Waals surface area (Å²) in [5, 5.41) is 12.0. The van der Waals surface area contributed by atoms with Gasteiger partial charge in [0, 0.05) is 12.5 Å². The summed E-state index contributed by atoms with van der Waals surface area (Å²) in [4.78, 5) is 25.3. The minimum Gasteiger partial charge on any atom is -0.481 e. The SMILES string of the molecule is CC(C)[C@@H](C(=O)NC(CCC(=O)O)Cc1ccccc1)N(C)C. The van der Waals surface area contributed by atoms with Crippen LogP contribution in [0.4, 0.5) is 0 Å². The zero-order valence-electron chi connectivity index (χ0n) is 14.5. The highest BCUT2D eigenvalue weighted by Gasteiger charge is 2.26. The van der Waals surface area contributed by atoms with Crippen LogP contribution in [-0.2, 0) is 16.0 Å². The molecule has 5 nitrogen and oxygen atoms in total. The van der Waals surface area contributed by atoms with Gasteiger partial charge in [-0.1, -0.05) is 44.2 Å². The van der Waals surface area contributed by atoms with Crippen LogP contribution in [-0.4, -0.2) is 48.1 Å². The van der Waals surface area contributed by atoms with Crippen LogP contribution in [0.2, 0.25) is 0 Å². The van der Waals surface area contributed by atoms with Gasteiger partial charge in [0.1, 0.15) is 0 Å². The second kappa shape index (κ2) is 9.30. The molecular weight excluding hydrogens is 292 g/mol. The molecule has 1 amide bonds. The van der Waals surface area contributed by atoms with Gasteiger partial charge in [-0.3, -0.25) is 14.5 Å². The summed E-state index contributed by atoms with van der Waals surface area (Å²) in [5.74, 6) is -0.705. The van der Waals surface area contributed by atoms with Gasteiger partial charge in [0.25, 0.3) is 0 Å². The summed E-state index contributed by atoms with van der Waals surface area (Å²) in [6.45, 7) is 4.02. The molecule has 2 atom stereocenters. The fraction of sp³-hybridized carbons (Fsp3) is 0.556. The molecule has 0 aromatic heterocycles. The van der Waals surface area contributed by atoms with Gasteiger partial charge in [-0.2, -0.15) is 0 Å². The van der Waals surface area contributed by atoms with Crippen LogP contribution < -0.4 is 5.32 Å². The highest BCUT2D eigenvalue weighted by Crippen LogP contribution is 2.12. The summed E-state index contributed by atoms with van der Waals surface area (Å²) in [6.07, 6.45) is 1.11. The number of nitrogens with one attached hydrogen (secondary N) is 1. The highest BCUT2D eigenvalue weighted by molar-refractivity contribution is 5.82. The van der Waals surface area contributed by atoms with E-state index in [4.69, 9.17) is 5.11 Å². The maximum absolute atomic E-state index is 12.6. The van der Waals surface area contributed by atoms with E-state index < -0.39 is 5.97 Å². The summed E-state index contributed by atoms with van der Waals surface area (Å²) in [6, 6.07) is 9.41. The number of carbonyl (C=O) groups is 2. The van der Waals surface area contributed by atoms with Crippen molar-refractivity contribution in [3.63, 3.8) is 0 Å². The smallest absolute Gasteiger partial charge is 0.303 e. The van der Waals surface area contributed by atoms with Gasteiger partial charge in [-0.15, -0.1) is 0 Å². The number of nitrogens with zero attached hydrogens (tertiary/aromatic N) is 1. The molecule has 1 aromatic rings. The average molecular weight is 320 g/mol. The van der Waals surface area contributed by atoms with E-state index in [-0.39, 0.29) is 30.3 Å². The minimum atomic E-state index is -0.842. The van der Waals surface area contributed by atoms with Crippen molar-refractivity contribution in [1.29, 1.82) is 0 Å². The molecular formula is C18H28N2O3. The number of likely N-dealkylation sites (N-methyl/N-ethyl adjacent to an activating group) is 1. The van der Waals surface area contributed by atoms with E-state index in [0.29, 0.717) is 12.8 Å². The predicted octanol–water partition coefficient (Wildman–Crippen LogP) is 2.16. The van der Waals surface area contributed by atoms with Crippen LogP contribution in [0.3, 0.4) is 0 Å². The van der Waals surface area contributed by atoms with Gasteiger partial charge in [0.15, 0.2) is 0 Å². The summed E-state index contributed by atoms with van der Waals surface area (Å²) in [7, 11) is 3.77. The Labute approximate surface area is 138 Å². The molecule has 0 radical (unpaired) electrons. The molecule has 0 heterocycles. The minimum absolute atomic E-state index is 0.0451. The number of amides is 1. The number of carboxylic acids is 1. The molecule has 128 valence electrons. The van der Waals surface area contributed by atoms with E-state index in [9.17, 15) is 9.59 Å². The van der Waals surface area contributed by atoms with Crippen molar-refractivity contribution in [1.82, 2.24) is 10.2 Å². The molecule has 1 rings (SSSR count). The van der Waals surface area contributed by atoms with Crippen molar-refractivity contribution in [2.24, 2.45) is 5.92 Å². The number of rotatable bonds is 9. The second-order valence-electron chi connectivity index (χ2n) is 6.48. The van der Waals surface area contributed by atoms with Gasteiger partial charge < -0.3 is 10.4 Å². The average Bonchev–Trinajstić information content (AvgIpc) is 2.44. The molecule has 0 aliphatic heterocycles. The van der Waals surface area contributed by atoms with Crippen molar-refractivity contribution in [3.05, 3.63) is 35.9 Å². The Morgan fingerprint density at radius 2 is 1.78 bits per heavy atom. The summed E-state index contributed by atoms with van der Waals surface area (Å²) < 4.78 is 0. The lowest BCUT2D eigenvalue weighted by atomic mass is 9.98. The lowest BCUT2D eigenvalue weighted by Crippen LogP contribution is -2.50. The molecule has 0 fully saturated rings. The standard InChI is InChI=1S/C18H28N2O3/c1-13(2)17(20(3)4)18(23)19-15(10-11-16(21)22)12-14-8-6-5-7-9-14/h5-9,13,15,17H,10-12H2,1-4H3,(H,19,23)(H,21,22)/t15?,17-/m0/s1. The zero-order chi connectivity index (χ0) is 17.4.